The second-order valence-electron chi connectivity index (χ2n) is 7.92. The lowest BCUT2D eigenvalue weighted by molar-refractivity contribution is -0.152. The zero-order valence-corrected chi connectivity index (χ0v) is 17.8. The molecule has 0 radical (unpaired) electrons. The van der Waals surface area contributed by atoms with Gasteiger partial charge in [0.2, 0.25) is 0 Å². The fraction of sp³-hybridized carbons (Fsp3) is 0.619. The molecule has 1 saturated heterocycles. The summed E-state index contributed by atoms with van der Waals surface area (Å²) in [6, 6.07) is 7.41. The van der Waals surface area contributed by atoms with Crippen molar-refractivity contribution < 1.29 is 23.8 Å². The van der Waals surface area contributed by atoms with Crippen LogP contribution in [0.2, 0.25) is 5.02 Å². The van der Waals surface area contributed by atoms with Crippen LogP contribution in [0.3, 0.4) is 0 Å². The van der Waals surface area contributed by atoms with Crippen LogP contribution in [0.15, 0.2) is 24.3 Å². The number of esters is 1. The fourth-order valence-corrected chi connectivity index (χ4v) is 3.50. The number of carbonyl (C=O) groups excluding carboxylic acids is 2. The molecule has 0 aromatic heterocycles. The smallest absolute Gasteiger partial charge is 0.410 e. The van der Waals surface area contributed by atoms with Crippen LogP contribution in [0.4, 0.5) is 4.79 Å². The summed E-state index contributed by atoms with van der Waals surface area (Å²) in [4.78, 5) is 26.0. The molecule has 1 aromatic rings. The van der Waals surface area contributed by atoms with Gasteiger partial charge in [-0.1, -0.05) is 23.7 Å². The predicted octanol–water partition coefficient (Wildman–Crippen LogP) is 4.61. The van der Waals surface area contributed by atoms with Crippen molar-refractivity contribution in [3.05, 3.63) is 34.9 Å². The first-order valence-corrected chi connectivity index (χ1v) is 10.1. The molecule has 0 spiro atoms. The molecule has 156 valence electrons. The number of hydrogen-bond acceptors (Lipinski definition) is 5. The maximum Gasteiger partial charge on any atom is 0.410 e. The number of rotatable bonds is 6. The Balaban J connectivity index is 2.14. The van der Waals surface area contributed by atoms with E-state index in [1.807, 2.05) is 39.0 Å². The second kappa shape index (κ2) is 10.1. The van der Waals surface area contributed by atoms with Crippen LogP contribution in [-0.4, -0.2) is 48.9 Å². The van der Waals surface area contributed by atoms with Crippen molar-refractivity contribution >= 4 is 23.7 Å². The molecule has 1 amide bonds. The van der Waals surface area contributed by atoms with Crippen molar-refractivity contribution in [2.24, 2.45) is 5.92 Å². The number of hydrogen-bond donors (Lipinski definition) is 0. The van der Waals surface area contributed by atoms with E-state index in [1.165, 1.54) is 0 Å². The molecule has 1 heterocycles. The first kappa shape index (κ1) is 22.5. The van der Waals surface area contributed by atoms with Crippen LogP contribution in [0.25, 0.3) is 0 Å². The highest BCUT2D eigenvalue weighted by molar-refractivity contribution is 6.30. The Morgan fingerprint density at radius 3 is 2.71 bits per heavy atom. The third-order valence-electron chi connectivity index (χ3n) is 4.40. The van der Waals surface area contributed by atoms with Crippen LogP contribution in [-0.2, 0) is 19.0 Å². The number of benzene rings is 1. The van der Waals surface area contributed by atoms with E-state index in [2.05, 4.69) is 0 Å². The quantitative estimate of drug-likeness (QED) is 0.639. The van der Waals surface area contributed by atoms with Gasteiger partial charge in [-0.3, -0.25) is 0 Å². The minimum atomic E-state index is -0.545. The summed E-state index contributed by atoms with van der Waals surface area (Å²) in [7, 11) is 0. The monoisotopic (exact) mass is 411 g/mol. The SMILES string of the molecule is CCOC(=O)CO[C@@H](c1cccc(Cl)c1)[C@@H]1CCCN(C(=O)OC(C)(C)C)C1. The number of halogens is 1. The Hall–Kier alpha value is -1.79. The summed E-state index contributed by atoms with van der Waals surface area (Å²) in [6.45, 7) is 8.61. The van der Waals surface area contributed by atoms with E-state index in [0.29, 0.717) is 24.7 Å². The molecule has 6 nitrogen and oxygen atoms in total. The van der Waals surface area contributed by atoms with Gasteiger partial charge < -0.3 is 19.1 Å². The molecule has 1 aliphatic rings. The first-order valence-electron chi connectivity index (χ1n) is 9.70. The van der Waals surface area contributed by atoms with Crippen LogP contribution in [0.1, 0.15) is 52.2 Å². The average molecular weight is 412 g/mol. The third kappa shape index (κ3) is 6.99. The Bertz CT molecular complexity index is 673. The highest BCUT2D eigenvalue weighted by Crippen LogP contribution is 2.34. The Labute approximate surface area is 172 Å². The number of amides is 1. The molecule has 0 bridgehead atoms. The molecule has 0 saturated carbocycles. The van der Waals surface area contributed by atoms with E-state index in [4.69, 9.17) is 25.8 Å². The summed E-state index contributed by atoms with van der Waals surface area (Å²) in [6.07, 6.45) is 1.02. The largest absolute Gasteiger partial charge is 0.464 e. The maximum atomic E-state index is 12.5. The Morgan fingerprint density at radius 1 is 1.32 bits per heavy atom. The van der Waals surface area contributed by atoms with Crippen molar-refractivity contribution in [1.82, 2.24) is 4.90 Å². The van der Waals surface area contributed by atoms with Crippen molar-refractivity contribution in [2.75, 3.05) is 26.3 Å². The summed E-state index contributed by atoms with van der Waals surface area (Å²) in [5.41, 5.74) is 0.337. The highest BCUT2D eigenvalue weighted by Gasteiger charge is 2.33. The normalized spacial score (nSPS) is 18.5. The third-order valence-corrected chi connectivity index (χ3v) is 4.64. The minimum absolute atomic E-state index is 0.0224. The standard InChI is InChI=1S/C21H30ClNO5/c1-5-26-18(24)14-27-19(15-8-6-10-17(22)12-15)16-9-7-11-23(13-16)20(25)28-21(2,3)4/h6,8,10,12,16,19H,5,7,9,11,13-14H2,1-4H3/t16-,19+/m1/s1. The molecule has 1 fully saturated rings. The zero-order chi connectivity index (χ0) is 20.7. The minimum Gasteiger partial charge on any atom is -0.464 e. The van der Waals surface area contributed by atoms with Gasteiger partial charge in [0.05, 0.1) is 12.7 Å². The topological polar surface area (TPSA) is 65.1 Å². The van der Waals surface area contributed by atoms with Crippen LogP contribution in [0.5, 0.6) is 0 Å². The summed E-state index contributed by atoms with van der Waals surface area (Å²) in [5, 5.41) is 0.599. The maximum absolute atomic E-state index is 12.5. The molecule has 0 unspecified atom stereocenters. The Morgan fingerprint density at radius 2 is 2.07 bits per heavy atom. The van der Waals surface area contributed by atoms with E-state index >= 15 is 0 Å². The van der Waals surface area contributed by atoms with Crippen LogP contribution < -0.4 is 0 Å². The lowest BCUT2D eigenvalue weighted by Gasteiger charge is -2.37. The summed E-state index contributed by atoms with van der Waals surface area (Å²) >= 11 is 6.16. The van der Waals surface area contributed by atoms with Crippen molar-refractivity contribution in [3.63, 3.8) is 0 Å². The van der Waals surface area contributed by atoms with E-state index in [0.717, 1.165) is 18.4 Å². The van der Waals surface area contributed by atoms with Crippen LogP contribution >= 0.6 is 11.6 Å². The number of nitrogens with zero attached hydrogens (tertiary/aromatic N) is 1. The molecular weight excluding hydrogens is 382 g/mol. The van der Waals surface area contributed by atoms with Gasteiger partial charge in [0.1, 0.15) is 12.2 Å². The lowest BCUT2D eigenvalue weighted by atomic mass is 9.88. The molecule has 7 heteroatoms. The molecule has 2 rings (SSSR count). The van der Waals surface area contributed by atoms with Gasteiger partial charge in [0.25, 0.3) is 0 Å². The number of piperidine rings is 1. The molecular formula is C21H30ClNO5. The van der Waals surface area contributed by atoms with Gasteiger partial charge >= 0.3 is 12.1 Å². The highest BCUT2D eigenvalue weighted by atomic mass is 35.5. The first-order chi connectivity index (χ1) is 13.2. The van der Waals surface area contributed by atoms with Gasteiger partial charge in [-0.25, -0.2) is 9.59 Å². The summed E-state index contributed by atoms with van der Waals surface area (Å²) in [5.74, 6) is -0.386. The molecule has 1 aliphatic heterocycles. The zero-order valence-electron chi connectivity index (χ0n) is 17.1. The van der Waals surface area contributed by atoms with Gasteiger partial charge in [-0.05, 0) is 58.2 Å². The van der Waals surface area contributed by atoms with Gasteiger partial charge in [0.15, 0.2) is 0 Å². The molecule has 28 heavy (non-hydrogen) atoms. The van der Waals surface area contributed by atoms with E-state index in [-0.39, 0.29) is 24.7 Å². The van der Waals surface area contributed by atoms with Crippen molar-refractivity contribution in [2.45, 2.75) is 52.2 Å². The number of ether oxygens (including phenoxy) is 3. The van der Waals surface area contributed by atoms with E-state index in [1.54, 1.807) is 17.9 Å². The van der Waals surface area contributed by atoms with E-state index < -0.39 is 11.6 Å². The van der Waals surface area contributed by atoms with Crippen LogP contribution in [0, 0.1) is 5.92 Å². The molecule has 0 N–H and O–H groups in total. The fourth-order valence-electron chi connectivity index (χ4n) is 3.30. The number of likely N-dealkylation sites (tertiary alicyclic amines) is 1. The Kier molecular flexibility index (Phi) is 8.13. The van der Waals surface area contributed by atoms with Gasteiger partial charge in [0, 0.05) is 24.0 Å². The summed E-state index contributed by atoms with van der Waals surface area (Å²) < 4.78 is 16.4. The average Bonchev–Trinajstić information content (AvgIpc) is 2.61. The lowest BCUT2D eigenvalue weighted by Crippen LogP contribution is -2.44. The molecule has 1 aromatic carbocycles. The van der Waals surface area contributed by atoms with Crippen molar-refractivity contribution in [3.8, 4) is 0 Å². The second-order valence-corrected chi connectivity index (χ2v) is 8.36. The van der Waals surface area contributed by atoms with Crippen molar-refractivity contribution in [1.29, 1.82) is 0 Å². The predicted molar refractivity (Wildman–Crippen MR) is 107 cm³/mol. The molecule has 0 aliphatic carbocycles. The van der Waals surface area contributed by atoms with Gasteiger partial charge in [-0.15, -0.1) is 0 Å². The number of carbonyl (C=O) groups is 2. The molecule has 2 atom stereocenters. The van der Waals surface area contributed by atoms with E-state index in [9.17, 15) is 9.59 Å². The van der Waals surface area contributed by atoms with Gasteiger partial charge in [-0.2, -0.15) is 0 Å².